The molecule has 154 valence electrons. The first-order valence-corrected chi connectivity index (χ1v) is 10.6. The summed E-state index contributed by atoms with van der Waals surface area (Å²) in [6.45, 7) is 2.42. The lowest BCUT2D eigenvalue weighted by Crippen LogP contribution is -2.43. The van der Waals surface area contributed by atoms with Gasteiger partial charge in [-0.05, 0) is 59.8 Å². The maximum atomic E-state index is 13.0. The summed E-state index contributed by atoms with van der Waals surface area (Å²) in [4.78, 5) is 19.6. The predicted molar refractivity (Wildman–Crippen MR) is 121 cm³/mol. The van der Waals surface area contributed by atoms with Crippen molar-refractivity contribution in [3.8, 4) is 11.1 Å². The molecular weight excluding hydrogens is 394 g/mol. The number of likely N-dealkylation sites (tertiary alicyclic amines) is 1. The molecule has 1 aliphatic heterocycles. The van der Waals surface area contributed by atoms with Crippen LogP contribution in [0.1, 0.15) is 17.5 Å². The van der Waals surface area contributed by atoms with Crippen molar-refractivity contribution in [3.63, 3.8) is 0 Å². The number of carbonyl (C=O) groups is 1. The number of benzene rings is 2. The van der Waals surface area contributed by atoms with Gasteiger partial charge in [0.1, 0.15) is 0 Å². The average Bonchev–Trinajstić information content (AvgIpc) is 3.17. The first-order valence-electron chi connectivity index (χ1n) is 10.3. The Morgan fingerprint density at radius 1 is 1.10 bits per heavy atom. The van der Waals surface area contributed by atoms with Crippen LogP contribution < -0.4 is 5.32 Å². The number of amides is 1. The zero-order chi connectivity index (χ0) is 21.0. The Morgan fingerprint density at radius 2 is 1.90 bits per heavy atom. The third-order valence-electron chi connectivity index (χ3n) is 5.90. The number of carbonyl (C=O) groups excluding carboxylic acids is 1. The standard InChI is InChI=1S/C25H26ClN3O/c1-27-24(30)25(10-12-29(18-25)17-20-6-3-9-23(26)14-20)15-19-5-2-7-21(13-19)22-8-4-11-28-16-22/h2-9,11,13-14,16H,10,12,15,17-18H2,1H3,(H,27,30). The summed E-state index contributed by atoms with van der Waals surface area (Å²) in [5, 5.41) is 3.66. The van der Waals surface area contributed by atoms with Crippen LogP contribution in [0, 0.1) is 5.41 Å². The minimum atomic E-state index is -0.430. The van der Waals surface area contributed by atoms with Crippen LogP contribution >= 0.6 is 11.6 Å². The Labute approximate surface area is 182 Å². The Balaban J connectivity index is 1.54. The molecule has 1 amide bonds. The number of hydrogen-bond donors (Lipinski definition) is 1. The molecule has 4 rings (SSSR count). The van der Waals surface area contributed by atoms with Gasteiger partial charge in [-0.15, -0.1) is 0 Å². The monoisotopic (exact) mass is 419 g/mol. The van der Waals surface area contributed by atoms with Crippen LogP contribution in [0.5, 0.6) is 0 Å². The number of nitrogens with one attached hydrogen (secondary N) is 1. The molecule has 3 aromatic rings. The number of aromatic nitrogens is 1. The summed E-state index contributed by atoms with van der Waals surface area (Å²) in [5.41, 5.74) is 4.13. The molecule has 4 nitrogen and oxygen atoms in total. The smallest absolute Gasteiger partial charge is 0.227 e. The summed E-state index contributed by atoms with van der Waals surface area (Å²) in [6, 6.07) is 20.4. The Hall–Kier alpha value is -2.69. The lowest BCUT2D eigenvalue weighted by Gasteiger charge is -2.28. The Kier molecular flexibility index (Phi) is 6.16. The van der Waals surface area contributed by atoms with Crippen LogP contribution in [0.4, 0.5) is 0 Å². The zero-order valence-corrected chi connectivity index (χ0v) is 17.9. The lowest BCUT2D eigenvalue weighted by atomic mass is 9.79. The van der Waals surface area contributed by atoms with Crippen molar-refractivity contribution in [1.29, 1.82) is 0 Å². The molecule has 1 fully saturated rings. The number of hydrogen-bond acceptors (Lipinski definition) is 3. The fourth-order valence-corrected chi connectivity index (χ4v) is 4.66. The second-order valence-corrected chi connectivity index (χ2v) is 8.51. The van der Waals surface area contributed by atoms with Crippen molar-refractivity contribution in [1.82, 2.24) is 15.2 Å². The summed E-state index contributed by atoms with van der Waals surface area (Å²) >= 11 is 6.14. The van der Waals surface area contributed by atoms with Gasteiger partial charge in [-0.1, -0.05) is 54.1 Å². The summed E-state index contributed by atoms with van der Waals surface area (Å²) < 4.78 is 0. The van der Waals surface area contributed by atoms with Crippen LogP contribution in [-0.4, -0.2) is 35.9 Å². The maximum absolute atomic E-state index is 13.0. The van der Waals surface area contributed by atoms with Crippen LogP contribution in [0.25, 0.3) is 11.1 Å². The lowest BCUT2D eigenvalue weighted by molar-refractivity contribution is -0.130. The fourth-order valence-electron chi connectivity index (χ4n) is 4.45. The molecule has 1 aromatic heterocycles. The quantitative estimate of drug-likeness (QED) is 0.635. The van der Waals surface area contributed by atoms with E-state index in [1.165, 1.54) is 11.1 Å². The van der Waals surface area contributed by atoms with E-state index in [9.17, 15) is 4.79 Å². The zero-order valence-electron chi connectivity index (χ0n) is 17.1. The first-order chi connectivity index (χ1) is 14.6. The van der Waals surface area contributed by atoms with Gasteiger partial charge < -0.3 is 5.32 Å². The predicted octanol–water partition coefficient (Wildman–Crippen LogP) is 4.58. The molecule has 0 bridgehead atoms. The molecule has 30 heavy (non-hydrogen) atoms. The van der Waals surface area contributed by atoms with E-state index >= 15 is 0 Å². The molecule has 5 heteroatoms. The van der Waals surface area contributed by atoms with Gasteiger partial charge in [0, 0.05) is 37.6 Å². The molecule has 1 N–H and O–H groups in total. The van der Waals surface area contributed by atoms with E-state index in [-0.39, 0.29) is 5.91 Å². The topological polar surface area (TPSA) is 45.2 Å². The van der Waals surface area contributed by atoms with E-state index in [0.29, 0.717) is 6.42 Å². The van der Waals surface area contributed by atoms with Gasteiger partial charge >= 0.3 is 0 Å². The molecule has 1 aliphatic rings. The molecule has 1 atom stereocenters. The van der Waals surface area contributed by atoms with E-state index in [2.05, 4.69) is 51.6 Å². The highest BCUT2D eigenvalue weighted by atomic mass is 35.5. The van der Waals surface area contributed by atoms with Gasteiger partial charge in [0.05, 0.1) is 5.41 Å². The molecule has 1 saturated heterocycles. The second-order valence-electron chi connectivity index (χ2n) is 8.07. The summed E-state index contributed by atoms with van der Waals surface area (Å²) in [6.07, 6.45) is 5.20. The first kappa shape index (κ1) is 20.6. The summed E-state index contributed by atoms with van der Waals surface area (Å²) in [7, 11) is 1.73. The number of nitrogens with zero attached hydrogens (tertiary/aromatic N) is 2. The molecule has 1 unspecified atom stereocenters. The number of rotatable bonds is 6. The van der Waals surface area contributed by atoms with Gasteiger partial charge in [0.2, 0.25) is 5.91 Å². The molecule has 0 saturated carbocycles. The molecular formula is C25H26ClN3O. The third-order valence-corrected chi connectivity index (χ3v) is 6.14. The second kappa shape index (κ2) is 8.99. The highest BCUT2D eigenvalue weighted by Crippen LogP contribution is 2.36. The van der Waals surface area contributed by atoms with Gasteiger partial charge in [0.15, 0.2) is 0 Å². The number of halogens is 1. The largest absolute Gasteiger partial charge is 0.359 e. The minimum Gasteiger partial charge on any atom is -0.359 e. The van der Waals surface area contributed by atoms with Crippen LogP contribution in [-0.2, 0) is 17.8 Å². The molecule has 2 aromatic carbocycles. The SMILES string of the molecule is CNC(=O)C1(Cc2cccc(-c3cccnc3)c2)CCN(Cc2cccc(Cl)c2)C1. The van der Waals surface area contributed by atoms with Crippen molar-refractivity contribution in [2.45, 2.75) is 19.4 Å². The highest BCUT2D eigenvalue weighted by molar-refractivity contribution is 6.30. The van der Waals surface area contributed by atoms with E-state index in [4.69, 9.17) is 11.6 Å². The van der Waals surface area contributed by atoms with Crippen LogP contribution in [0.3, 0.4) is 0 Å². The Bertz CT molecular complexity index is 1020. The van der Waals surface area contributed by atoms with E-state index in [1.54, 1.807) is 13.2 Å². The van der Waals surface area contributed by atoms with Gasteiger partial charge in [-0.2, -0.15) is 0 Å². The van der Waals surface area contributed by atoms with Gasteiger partial charge in [0.25, 0.3) is 0 Å². The van der Waals surface area contributed by atoms with Crippen LogP contribution in [0.2, 0.25) is 5.02 Å². The maximum Gasteiger partial charge on any atom is 0.227 e. The molecule has 2 heterocycles. The highest BCUT2D eigenvalue weighted by Gasteiger charge is 2.44. The van der Waals surface area contributed by atoms with E-state index in [0.717, 1.165) is 42.2 Å². The van der Waals surface area contributed by atoms with Crippen molar-refractivity contribution in [3.05, 3.63) is 89.2 Å². The van der Waals surface area contributed by atoms with E-state index < -0.39 is 5.41 Å². The van der Waals surface area contributed by atoms with E-state index in [1.807, 2.05) is 30.5 Å². The average molecular weight is 420 g/mol. The fraction of sp³-hybridized carbons (Fsp3) is 0.280. The van der Waals surface area contributed by atoms with Gasteiger partial charge in [-0.3, -0.25) is 14.7 Å². The molecule has 0 spiro atoms. The third kappa shape index (κ3) is 4.55. The van der Waals surface area contributed by atoms with Crippen molar-refractivity contribution in [2.24, 2.45) is 5.41 Å². The van der Waals surface area contributed by atoms with Gasteiger partial charge in [-0.25, -0.2) is 0 Å². The van der Waals surface area contributed by atoms with Crippen molar-refractivity contribution < 1.29 is 4.79 Å². The summed E-state index contributed by atoms with van der Waals surface area (Å²) in [5.74, 6) is 0.114. The Morgan fingerprint density at radius 3 is 2.67 bits per heavy atom. The normalized spacial score (nSPS) is 19.0. The van der Waals surface area contributed by atoms with Crippen molar-refractivity contribution in [2.75, 3.05) is 20.1 Å². The molecule has 0 aliphatic carbocycles. The number of pyridine rings is 1. The molecule has 0 radical (unpaired) electrons. The van der Waals surface area contributed by atoms with Crippen LogP contribution in [0.15, 0.2) is 73.1 Å². The minimum absolute atomic E-state index is 0.114. The van der Waals surface area contributed by atoms with Crippen molar-refractivity contribution >= 4 is 17.5 Å².